The molecular formula is C3H9ClSSi. The van der Waals surface area contributed by atoms with E-state index in [1.807, 2.05) is 0 Å². The van der Waals surface area contributed by atoms with E-state index in [0.29, 0.717) is 0 Å². The Hall–Kier alpha value is 0.857. The normalized spacial score (nSPS) is 11.0. The van der Waals surface area contributed by atoms with Crippen LogP contribution in [0.25, 0.3) is 0 Å². The van der Waals surface area contributed by atoms with E-state index in [-0.39, 0.29) is 8.67 Å². The van der Waals surface area contributed by atoms with Gasteiger partial charge in [0.15, 0.2) is 0 Å². The van der Waals surface area contributed by atoms with Gasteiger partial charge in [-0.05, 0) is 6.42 Å². The first-order valence-electron chi connectivity index (χ1n) is 2.08. The third-order valence-electron chi connectivity index (χ3n) is 0.542. The molecule has 38 valence electrons. The van der Waals surface area contributed by atoms with Crippen LogP contribution >= 0.6 is 23.7 Å². The molecule has 0 unspecified atom stereocenters. The predicted octanol–water partition coefficient (Wildman–Crippen LogP) is 1.05. The molecular weight excluding hydrogens is 132 g/mol. The van der Waals surface area contributed by atoms with Crippen LogP contribution < -0.4 is 0 Å². The lowest BCUT2D eigenvalue weighted by atomic mass is 10.6. The van der Waals surface area contributed by atoms with Crippen LogP contribution in [0.3, 0.4) is 0 Å². The molecule has 3 heteroatoms. The molecule has 0 rings (SSSR count). The molecule has 0 spiro atoms. The third-order valence-corrected chi connectivity index (χ3v) is 2.57. The zero-order valence-corrected chi connectivity index (χ0v) is 6.72. The van der Waals surface area contributed by atoms with Crippen LogP contribution in [0.2, 0.25) is 6.04 Å². The lowest BCUT2D eigenvalue weighted by Gasteiger charge is -1.83. The van der Waals surface area contributed by atoms with Crippen LogP contribution in [0.5, 0.6) is 0 Å². The van der Waals surface area contributed by atoms with Gasteiger partial charge in [-0.1, -0.05) is 6.04 Å². The quantitative estimate of drug-likeness (QED) is 0.258. The Morgan fingerprint density at radius 1 is 1.67 bits per heavy atom. The Labute approximate surface area is 51.1 Å². The summed E-state index contributed by atoms with van der Waals surface area (Å²) in [5, 5.41) is 0. The molecule has 0 amide bonds. The zero-order chi connectivity index (χ0) is 4.83. The maximum Gasteiger partial charge on any atom is 0.0813 e. The number of alkyl halides is 1. The first kappa shape index (κ1) is 6.86. The minimum atomic E-state index is 0.0130. The molecule has 0 N–H and O–H groups in total. The standard InChI is InChI=1S/C3H9ClSSi/c4-2-1-3-6-5/h5H,1-3,6H2. The lowest BCUT2D eigenvalue weighted by molar-refractivity contribution is 1.09. The van der Waals surface area contributed by atoms with Gasteiger partial charge >= 0.3 is 0 Å². The SMILES string of the molecule is S[SiH2]CCCCl. The second-order valence-electron chi connectivity index (χ2n) is 1.12. The molecule has 0 aromatic heterocycles. The minimum absolute atomic E-state index is 0.0130. The van der Waals surface area contributed by atoms with Gasteiger partial charge in [0.2, 0.25) is 0 Å². The number of halogens is 1. The highest BCUT2D eigenvalue weighted by atomic mass is 35.5. The van der Waals surface area contributed by atoms with Crippen molar-refractivity contribution in [2.24, 2.45) is 0 Å². The van der Waals surface area contributed by atoms with Crippen molar-refractivity contribution in [3.05, 3.63) is 0 Å². The van der Waals surface area contributed by atoms with E-state index in [1.165, 1.54) is 6.04 Å². The van der Waals surface area contributed by atoms with Crippen molar-refractivity contribution in [1.29, 1.82) is 0 Å². The van der Waals surface area contributed by atoms with Crippen molar-refractivity contribution < 1.29 is 0 Å². The van der Waals surface area contributed by atoms with Crippen molar-refractivity contribution in [3.8, 4) is 0 Å². The molecule has 0 radical (unpaired) electrons. The van der Waals surface area contributed by atoms with E-state index >= 15 is 0 Å². The van der Waals surface area contributed by atoms with Gasteiger partial charge in [0, 0.05) is 5.88 Å². The van der Waals surface area contributed by atoms with Crippen molar-refractivity contribution in [1.82, 2.24) is 0 Å². The molecule has 0 fully saturated rings. The lowest BCUT2D eigenvalue weighted by Crippen LogP contribution is -1.77. The Morgan fingerprint density at radius 3 is 2.50 bits per heavy atom. The summed E-state index contributed by atoms with van der Waals surface area (Å²) in [6, 6.07) is 1.28. The molecule has 0 heterocycles. The van der Waals surface area contributed by atoms with Gasteiger partial charge in [-0.15, -0.1) is 11.6 Å². The summed E-state index contributed by atoms with van der Waals surface area (Å²) >= 11 is 9.50. The smallest absolute Gasteiger partial charge is 0.0813 e. The number of rotatable bonds is 3. The predicted molar refractivity (Wildman–Crippen MR) is 37.7 cm³/mol. The van der Waals surface area contributed by atoms with Gasteiger partial charge in [0.05, 0.1) is 8.67 Å². The van der Waals surface area contributed by atoms with Gasteiger partial charge in [0.1, 0.15) is 0 Å². The molecule has 0 aliphatic rings. The molecule has 0 saturated carbocycles. The average Bonchev–Trinajstić information content (AvgIpc) is 1.61. The molecule has 0 aromatic rings. The number of hydrogen-bond donors (Lipinski definition) is 1. The summed E-state index contributed by atoms with van der Waals surface area (Å²) in [5.74, 6) is 0.813. The van der Waals surface area contributed by atoms with Gasteiger partial charge in [-0.2, -0.15) is 0 Å². The Balaban J connectivity index is 2.34. The number of thiol groups is 1. The van der Waals surface area contributed by atoms with Crippen LogP contribution in [-0.2, 0) is 0 Å². The fourth-order valence-electron chi connectivity index (χ4n) is 0.206. The highest BCUT2D eigenvalue weighted by Crippen LogP contribution is 1.91. The summed E-state index contributed by atoms with van der Waals surface area (Å²) in [7, 11) is 0.0130. The molecule has 0 atom stereocenters. The van der Waals surface area contributed by atoms with Crippen molar-refractivity contribution in [2.75, 3.05) is 5.88 Å². The molecule has 0 aliphatic heterocycles. The average molecular weight is 141 g/mol. The molecule has 0 saturated heterocycles. The van der Waals surface area contributed by atoms with Crippen LogP contribution in [0, 0.1) is 0 Å². The molecule has 0 bridgehead atoms. The second-order valence-corrected chi connectivity index (χ2v) is 3.99. The van der Waals surface area contributed by atoms with Crippen LogP contribution in [0.15, 0.2) is 0 Å². The summed E-state index contributed by atoms with van der Waals surface area (Å²) in [5.41, 5.74) is 0. The summed E-state index contributed by atoms with van der Waals surface area (Å²) in [6.45, 7) is 0. The van der Waals surface area contributed by atoms with E-state index in [4.69, 9.17) is 11.6 Å². The summed E-state index contributed by atoms with van der Waals surface area (Å²) in [6.07, 6.45) is 1.16. The van der Waals surface area contributed by atoms with Crippen LogP contribution in [0.1, 0.15) is 6.42 Å². The van der Waals surface area contributed by atoms with Gasteiger partial charge in [-0.3, -0.25) is 0 Å². The Bertz CT molecular complexity index is 22.8. The van der Waals surface area contributed by atoms with Crippen molar-refractivity contribution in [3.63, 3.8) is 0 Å². The number of hydrogen-bond acceptors (Lipinski definition) is 1. The topological polar surface area (TPSA) is 0 Å². The van der Waals surface area contributed by atoms with E-state index < -0.39 is 0 Å². The monoisotopic (exact) mass is 140 g/mol. The highest BCUT2D eigenvalue weighted by molar-refractivity contribution is 8.06. The largest absolute Gasteiger partial charge is 0.210 e. The maximum absolute atomic E-state index is 5.37. The Kier molecular flexibility index (Phi) is 6.69. The van der Waals surface area contributed by atoms with E-state index in [9.17, 15) is 0 Å². The van der Waals surface area contributed by atoms with E-state index in [0.717, 1.165) is 12.3 Å². The highest BCUT2D eigenvalue weighted by Gasteiger charge is 1.78. The fraction of sp³-hybridized carbons (Fsp3) is 1.00. The third kappa shape index (κ3) is 4.86. The Morgan fingerprint density at radius 2 is 2.33 bits per heavy atom. The fourth-order valence-corrected chi connectivity index (χ4v) is 1.86. The molecule has 0 aliphatic carbocycles. The van der Waals surface area contributed by atoms with Crippen molar-refractivity contribution in [2.45, 2.75) is 12.5 Å². The van der Waals surface area contributed by atoms with Gasteiger partial charge in [-0.25, -0.2) is 12.1 Å². The molecule has 0 nitrogen and oxygen atoms in total. The second kappa shape index (κ2) is 5.86. The van der Waals surface area contributed by atoms with Gasteiger partial charge in [0.25, 0.3) is 0 Å². The minimum Gasteiger partial charge on any atom is -0.210 e. The zero-order valence-electron chi connectivity index (χ0n) is 3.65. The van der Waals surface area contributed by atoms with E-state index in [2.05, 4.69) is 12.1 Å². The maximum atomic E-state index is 5.37. The van der Waals surface area contributed by atoms with Crippen molar-refractivity contribution >= 4 is 32.3 Å². The van der Waals surface area contributed by atoms with Crippen LogP contribution in [0.4, 0.5) is 0 Å². The van der Waals surface area contributed by atoms with Crippen LogP contribution in [-0.4, -0.2) is 14.5 Å². The van der Waals surface area contributed by atoms with E-state index in [1.54, 1.807) is 0 Å². The first-order valence-corrected chi connectivity index (χ1v) is 6.15. The summed E-state index contributed by atoms with van der Waals surface area (Å²) in [4.78, 5) is 0. The molecule has 0 aromatic carbocycles. The van der Waals surface area contributed by atoms with Gasteiger partial charge < -0.3 is 0 Å². The summed E-state index contributed by atoms with van der Waals surface area (Å²) < 4.78 is 0. The molecule has 6 heavy (non-hydrogen) atoms. The first-order chi connectivity index (χ1) is 2.91.